The van der Waals surface area contributed by atoms with Gasteiger partial charge in [-0.3, -0.25) is 9.59 Å². The molecule has 0 saturated carbocycles. The number of thiazole rings is 1. The second-order valence-electron chi connectivity index (χ2n) is 4.60. The summed E-state index contributed by atoms with van der Waals surface area (Å²) >= 11 is 1.24. The second kappa shape index (κ2) is 7.19. The molecule has 2 aromatic rings. The smallest absolute Gasteiger partial charge is 0.351 e. The fourth-order valence-corrected chi connectivity index (χ4v) is 2.98. The molecule has 7 nitrogen and oxygen atoms in total. The third-order valence-electron chi connectivity index (χ3n) is 2.85. The van der Waals surface area contributed by atoms with Gasteiger partial charge >= 0.3 is 17.9 Å². The van der Waals surface area contributed by atoms with Gasteiger partial charge < -0.3 is 14.2 Å². The van der Waals surface area contributed by atoms with Gasteiger partial charge in [0, 0.05) is 13.8 Å². The minimum atomic E-state index is -1.41. The number of aromatic nitrogens is 1. The average molecular weight is 337 g/mol. The Kier molecular flexibility index (Phi) is 5.28. The summed E-state index contributed by atoms with van der Waals surface area (Å²) in [5.74, 6) is -2.15. The van der Waals surface area contributed by atoms with Gasteiger partial charge in [-0.15, -0.1) is 11.3 Å². The molecular weight excluding hydrogens is 322 g/mol. The molecule has 0 amide bonds. The van der Waals surface area contributed by atoms with Crippen LogP contribution in [0.1, 0.15) is 25.0 Å². The zero-order valence-corrected chi connectivity index (χ0v) is 13.6. The number of nitrogens with zero attached hydrogens (tertiary/aromatic N) is 1. The first-order valence-corrected chi connectivity index (χ1v) is 7.51. The summed E-state index contributed by atoms with van der Waals surface area (Å²) < 4.78 is 15.7. The van der Waals surface area contributed by atoms with Crippen LogP contribution in [0.5, 0.6) is 0 Å². The van der Waals surface area contributed by atoms with Crippen molar-refractivity contribution >= 4 is 39.5 Å². The Hall–Kier alpha value is -2.48. The van der Waals surface area contributed by atoms with Crippen LogP contribution >= 0.6 is 11.3 Å². The van der Waals surface area contributed by atoms with Crippen LogP contribution in [0, 0.1) is 0 Å². The van der Waals surface area contributed by atoms with E-state index in [9.17, 15) is 14.4 Å². The molecule has 0 aliphatic heterocycles. The minimum Gasteiger partial charge on any atom is -0.466 e. The molecule has 0 saturated heterocycles. The zero-order chi connectivity index (χ0) is 17.0. The molecule has 0 fully saturated rings. The van der Waals surface area contributed by atoms with Gasteiger partial charge in [0.05, 0.1) is 17.3 Å². The number of carbonyl (C=O) groups excluding carboxylic acids is 3. The van der Waals surface area contributed by atoms with Gasteiger partial charge in [-0.2, -0.15) is 0 Å². The lowest BCUT2D eigenvalue weighted by Crippen LogP contribution is -2.36. The highest BCUT2D eigenvalue weighted by atomic mass is 32.1. The first kappa shape index (κ1) is 16.9. The Balaban J connectivity index is 2.46. The lowest BCUT2D eigenvalue weighted by atomic mass is 10.2. The number of methoxy groups -OCH3 is 1. The van der Waals surface area contributed by atoms with Crippen molar-refractivity contribution in [2.75, 3.05) is 7.11 Å². The van der Waals surface area contributed by atoms with E-state index in [1.807, 2.05) is 18.2 Å². The lowest BCUT2D eigenvalue weighted by Gasteiger charge is -2.22. The van der Waals surface area contributed by atoms with Crippen LogP contribution in [0.4, 0.5) is 0 Å². The summed E-state index contributed by atoms with van der Waals surface area (Å²) in [6.07, 6.45) is -2.58. The second-order valence-corrected chi connectivity index (χ2v) is 5.67. The van der Waals surface area contributed by atoms with Crippen LogP contribution in [0.25, 0.3) is 10.2 Å². The summed E-state index contributed by atoms with van der Waals surface area (Å²) in [4.78, 5) is 39.0. The predicted octanol–water partition coefficient (Wildman–Crippen LogP) is 2.01. The number of hydrogen-bond acceptors (Lipinski definition) is 8. The highest BCUT2D eigenvalue weighted by Gasteiger charge is 2.38. The first-order chi connectivity index (χ1) is 10.9. The fourth-order valence-electron chi connectivity index (χ4n) is 1.96. The quantitative estimate of drug-likeness (QED) is 0.608. The maximum absolute atomic E-state index is 11.9. The molecular formula is C15H15NO6S. The van der Waals surface area contributed by atoms with Crippen molar-refractivity contribution < 1.29 is 28.6 Å². The maximum atomic E-state index is 11.9. The van der Waals surface area contributed by atoms with Crippen molar-refractivity contribution in [1.82, 2.24) is 4.98 Å². The van der Waals surface area contributed by atoms with Gasteiger partial charge in [0.25, 0.3) is 0 Å². The average Bonchev–Trinajstić information content (AvgIpc) is 2.93. The lowest BCUT2D eigenvalue weighted by molar-refractivity contribution is -0.180. The van der Waals surface area contributed by atoms with Crippen LogP contribution in [-0.4, -0.2) is 36.1 Å². The van der Waals surface area contributed by atoms with Crippen molar-refractivity contribution in [3.05, 3.63) is 29.3 Å². The molecule has 0 spiro atoms. The van der Waals surface area contributed by atoms with Crippen LogP contribution in [0.3, 0.4) is 0 Å². The molecule has 1 heterocycles. The van der Waals surface area contributed by atoms with E-state index < -0.39 is 30.1 Å². The van der Waals surface area contributed by atoms with Crippen LogP contribution < -0.4 is 0 Å². The fraction of sp³-hybridized carbons (Fsp3) is 0.333. The summed E-state index contributed by atoms with van der Waals surface area (Å²) in [6.45, 7) is 2.35. The van der Waals surface area contributed by atoms with Gasteiger partial charge in [0.2, 0.25) is 12.2 Å². The largest absolute Gasteiger partial charge is 0.466 e. The first-order valence-electron chi connectivity index (χ1n) is 6.70. The molecule has 0 unspecified atom stereocenters. The van der Waals surface area contributed by atoms with Crippen LogP contribution in [0.2, 0.25) is 0 Å². The van der Waals surface area contributed by atoms with Gasteiger partial charge in [0.15, 0.2) is 0 Å². The molecule has 23 heavy (non-hydrogen) atoms. The molecule has 8 heteroatoms. The molecule has 0 N–H and O–H groups in total. The topological polar surface area (TPSA) is 91.8 Å². The van der Waals surface area contributed by atoms with Crippen molar-refractivity contribution in [2.24, 2.45) is 0 Å². The number of esters is 3. The SMILES string of the molecule is COC(=O)[C@H](OC(C)=O)[C@H](OC(C)=O)c1nc2ccccc2s1. The summed E-state index contributed by atoms with van der Waals surface area (Å²) in [5.41, 5.74) is 0.691. The van der Waals surface area contributed by atoms with Crippen molar-refractivity contribution in [3.8, 4) is 0 Å². The van der Waals surface area contributed by atoms with E-state index in [4.69, 9.17) is 9.47 Å². The minimum absolute atomic E-state index is 0.345. The number of fused-ring (bicyclic) bond motifs is 1. The molecule has 0 radical (unpaired) electrons. The van der Waals surface area contributed by atoms with Gasteiger partial charge in [-0.25, -0.2) is 9.78 Å². The Bertz CT molecular complexity index is 707. The molecule has 0 bridgehead atoms. The number of para-hydroxylation sites is 1. The number of hydrogen-bond donors (Lipinski definition) is 0. The van der Waals surface area contributed by atoms with Gasteiger partial charge in [-0.05, 0) is 12.1 Å². The van der Waals surface area contributed by atoms with E-state index in [-0.39, 0.29) is 0 Å². The normalized spacial score (nSPS) is 13.2. The highest BCUT2D eigenvalue weighted by Crippen LogP contribution is 2.32. The van der Waals surface area contributed by atoms with E-state index in [1.165, 1.54) is 18.3 Å². The van der Waals surface area contributed by atoms with Gasteiger partial charge in [0.1, 0.15) is 5.01 Å². The summed E-state index contributed by atoms with van der Waals surface area (Å²) in [7, 11) is 1.15. The Labute approximate surface area is 136 Å². The van der Waals surface area contributed by atoms with E-state index >= 15 is 0 Å². The predicted molar refractivity (Wildman–Crippen MR) is 81.7 cm³/mol. The Morgan fingerprint density at radius 1 is 1.09 bits per heavy atom. The molecule has 0 aliphatic rings. The molecule has 2 atom stereocenters. The molecule has 2 rings (SSSR count). The standard InChI is InChI=1S/C15H15NO6S/c1-8(17)21-12(13(15(19)20-3)22-9(2)18)14-16-10-6-4-5-7-11(10)23-14/h4-7,12-13H,1-3H3/t12-,13+/m0/s1. The summed E-state index contributed by atoms with van der Waals surface area (Å²) in [5, 5.41) is 0.345. The number of ether oxygens (including phenoxy) is 3. The van der Waals surface area contributed by atoms with Crippen LogP contribution in [-0.2, 0) is 28.6 Å². The number of carbonyl (C=O) groups is 3. The number of rotatable bonds is 5. The highest BCUT2D eigenvalue weighted by molar-refractivity contribution is 7.18. The summed E-state index contributed by atoms with van der Waals surface area (Å²) in [6, 6.07) is 7.30. The Morgan fingerprint density at radius 3 is 2.30 bits per heavy atom. The maximum Gasteiger partial charge on any atom is 0.351 e. The Morgan fingerprint density at radius 2 is 1.74 bits per heavy atom. The van der Waals surface area contributed by atoms with E-state index in [0.717, 1.165) is 18.7 Å². The van der Waals surface area contributed by atoms with E-state index in [0.29, 0.717) is 10.5 Å². The van der Waals surface area contributed by atoms with Crippen molar-refractivity contribution in [1.29, 1.82) is 0 Å². The van der Waals surface area contributed by atoms with E-state index in [2.05, 4.69) is 9.72 Å². The van der Waals surface area contributed by atoms with E-state index in [1.54, 1.807) is 6.07 Å². The molecule has 0 aliphatic carbocycles. The van der Waals surface area contributed by atoms with Crippen molar-refractivity contribution in [3.63, 3.8) is 0 Å². The zero-order valence-electron chi connectivity index (χ0n) is 12.8. The molecule has 122 valence electrons. The molecule has 1 aromatic heterocycles. The van der Waals surface area contributed by atoms with Crippen LogP contribution in [0.15, 0.2) is 24.3 Å². The monoisotopic (exact) mass is 337 g/mol. The van der Waals surface area contributed by atoms with Crippen molar-refractivity contribution in [2.45, 2.75) is 26.1 Å². The van der Waals surface area contributed by atoms with Gasteiger partial charge in [-0.1, -0.05) is 12.1 Å². The third kappa shape index (κ3) is 4.04. The molecule has 1 aromatic carbocycles. The number of benzene rings is 1. The third-order valence-corrected chi connectivity index (χ3v) is 3.95.